The third kappa shape index (κ3) is 3.29. The molecule has 2 fully saturated rings. The Morgan fingerprint density at radius 2 is 2.08 bits per heavy atom. The van der Waals surface area contributed by atoms with Gasteiger partial charge < -0.3 is 14.2 Å². The van der Waals surface area contributed by atoms with Gasteiger partial charge in [-0.05, 0) is 38.0 Å². The first kappa shape index (κ1) is 23.6. The van der Waals surface area contributed by atoms with Crippen molar-refractivity contribution in [2.75, 3.05) is 11.4 Å². The minimum absolute atomic E-state index is 0.0704. The normalized spacial score (nSPS) is 26.6. The average molecular weight is 532 g/mol. The van der Waals surface area contributed by atoms with E-state index in [1.54, 1.807) is 42.5 Å². The number of amides is 2. The van der Waals surface area contributed by atoms with Gasteiger partial charge in [-0.1, -0.05) is 5.16 Å². The van der Waals surface area contributed by atoms with E-state index in [2.05, 4.69) is 25.5 Å². The second-order valence-electron chi connectivity index (χ2n) is 10.2. The number of imide groups is 1. The van der Waals surface area contributed by atoms with E-state index in [0.29, 0.717) is 22.2 Å². The van der Waals surface area contributed by atoms with Gasteiger partial charge in [-0.3, -0.25) is 19.7 Å². The number of halogens is 1. The van der Waals surface area contributed by atoms with E-state index in [9.17, 15) is 14.4 Å². The van der Waals surface area contributed by atoms with Crippen LogP contribution < -0.4 is 10.2 Å². The van der Waals surface area contributed by atoms with Gasteiger partial charge in [0.1, 0.15) is 11.7 Å². The average Bonchev–Trinajstić information content (AvgIpc) is 3.55. The van der Waals surface area contributed by atoms with Crippen molar-refractivity contribution in [1.82, 2.24) is 30.2 Å². The number of carbonyl (C=O) groups is 3. The van der Waals surface area contributed by atoms with E-state index in [1.807, 2.05) is 6.92 Å². The summed E-state index contributed by atoms with van der Waals surface area (Å²) in [4.78, 5) is 48.8. The van der Waals surface area contributed by atoms with Crippen LogP contribution in [-0.4, -0.2) is 67.3 Å². The molecule has 3 aromatic heterocycles. The minimum atomic E-state index is -1.62. The zero-order valence-corrected chi connectivity index (χ0v) is 20.9. The third-order valence-electron chi connectivity index (χ3n) is 7.84. The fraction of sp³-hybridized carbons (Fsp3) is 0.346. The molecule has 198 valence electrons. The highest BCUT2D eigenvalue weighted by atomic mass is 19.1. The molecule has 3 aliphatic heterocycles. The number of piperidine rings is 1. The van der Waals surface area contributed by atoms with Gasteiger partial charge in [0.2, 0.25) is 23.2 Å². The van der Waals surface area contributed by atoms with Crippen LogP contribution in [0.15, 0.2) is 41.6 Å². The van der Waals surface area contributed by atoms with Gasteiger partial charge in [0.05, 0.1) is 47.6 Å². The van der Waals surface area contributed by atoms with Crippen molar-refractivity contribution in [2.24, 2.45) is 5.41 Å². The van der Waals surface area contributed by atoms with Crippen molar-refractivity contribution in [1.29, 1.82) is 0 Å². The lowest BCUT2D eigenvalue weighted by Gasteiger charge is -2.55. The van der Waals surface area contributed by atoms with Crippen LogP contribution in [0, 0.1) is 11.2 Å². The molecule has 0 bridgehead atoms. The summed E-state index contributed by atoms with van der Waals surface area (Å²) >= 11 is 0. The van der Waals surface area contributed by atoms with Crippen LogP contribution in [0.4, 0.5) is 10.1 Å². The van der Waals surface area contributed by atoms with E-state index in [-0.39, 0.29) is 36.2 Å². The molecule has 7 rings (SSSR count). The van der Waals surface area contributed by atoms with Crippen molar-refractivity contribution in [3.05, 3.63) is 48.4 Å². The zero-order valence-electron chi connectivity index (χ0n) is 20.9. The molecule has 0 radical (unpaired) electrons. The highest BCUT2D eigenvalue weighted by Gasteiger charge is 2.62. The fourth-order valence-electron chi connectivity index (χ4n) is 6.33. The van der Waals surface area contributed by atoms with Gasteiger partial charge in [-0.15, -0.1) is 0 Å². The SMILES string of the molecule is C[C@@H]1CN2c3c(cc4c(-n5cc(-c6ccncn6)cn5)noc4c3F)CC3(C(=O)CC(=O)NC3=O)[C@H]2[C@H](C)O1. The Bertz CT molecular complexity index is 1660. The Kier molecular flexibility index (Phi) is 4.98. The molecular weight excluding hydrogens is 509 g/mol. The van der Waals surface area contributed by atoms with Crippen LogP contribution in [0.1, 0.15) is 25.8 Å². The predicted octanol–water partition coefficient (Wildman–Crippen LogP) is 1.75. The predicted molar refractivity (Wildman–Crippen MR) is 132 cm³/mol. The first-order chi connectivity index (χ1) is 18.8. The molecule has 4 aromatic rings. The summed E-state index contributed by atoms with van der Waals surface area (Å²) in [6, 6.07) is 2.61. The van der Waals surface area contributed by atoms with Gasteiger partial charge in [0.15, 0.2) is 11.6 Å². The number of benzene rings is 1. The number of hydrogen-bond donors (Lipinski definition) is 1. The number of hydrogen-bond acceptors (Lipinski definition) is 10. The topological polar surface area (TPSA) is 145 Å². The molecule has 2 amide bonds. The van der Waals surface area contributed by atoms with Crippen LogP contribution in [0.3, 0.4) is 0 Å². The van der Waals surface area contributed by atoms with Crippen LogP contribution in [0.2, 0.25) is 0 Å². The van der Waals surface area contributed by atoms with E-state index in [1.165, 1.54) is 11.0 Å². The van der Waals surface area contributed by atoms with E-state index < -0.39 is 47.4 Å². The number of Topliss-reactive ketones (excluding diaryl/α,β-unsaturated/α-hetero) is 1. The maximum atomic E-state index is 16.3. The molecule has 1 N–H and O–H groups in total. The molecule has 1 aromatic carbocycles. The molecule has 1 spiro atoms. The fourth-order valence-corrected chi connectivity index (χ4v) is 6.33. The Morgan fingerprint density at radius 1 is 1.23 bits per heavy atom. The summed E-state index contributed by atoms with van der Waals surface area (Å²) in [7, 11) is 0. The van der Waals surface area contributed by atoms with Gasteiger partial charge >= 0.3 is 0 Å². The summed E-state index contributed by atoms with van der Waals surface area (Å²) in [5.41, 5.74) is 0.320. The molecule has 6 heterocycles. The first-order valence-electron chi connectivity index (χ1n) is 12.5. The molecule has 13 heteroatoms. The van der Waals surface area contributed by atoms with Crippen molar-refractivity contribution in [3.8, 4) is 17.1 Å². The Morgan fingerprint density at radius 3 is 2.85 bits per heavy atom. The van der Waals surface area contributed by atoms with Gasteiger partial charge in [-0.25, -0.2) is 19.0 Å². The molecule has 0 aliphatic carbocycles. The Labute approximate surface area is 220 Å². The molecule has 39 heavy (non-hydrogen) atoms. The number of nitrogens with one attached hydrogen (secondary N) is 1. The summed E-state index contributed by atoms with van der Waals surface area (Å²) in [5.74, 6) is -2.25. The molecular formula is C26H22FN7O5. The van der Waals surface area contributed by atoms with Gasteiger partial charge in [0.25, 0.3) is 0 Å². The zero-order chi connectivity index (χ0) is 27.1. The number of ether oxygens (including phenoxy) is 1. The number of ketones is 1. The number of anilines is 1. The molecule has 4 atom stereocenters. The number of aromatic nitrogens is 5. The van der Waals surface area contributed by atoms with E-state index in [0.717, 1.165) is 0 Å². The van der Waals surface area contributed by atoms with Crippen LogP contribution in [0.25, 0.3) is 28.0 Å². The molecule has 1 unspecified atom stereocenters. The lowest BCUT2D eigenvalue weighted by Crippen LogP contribution is -2.72. The van der Waals surface area contributed by atoms with Crippen molar-refractivity contribution >= 4 is 34.3 Å². The van der Waals surface area contributed by atoms with Gasteiger partial charge in [-0.2, -0.15) is 5.10 Å². The molecule has 12 nitrogen and oxygen atoms in total. The first-order valence-corrected chi connectivity index (χ1v) is 12.5. The number of morpholine rings is 1. The summed E-state index contributed by atoms with van der Waals surface area (Å²) in [6.45, 7) is 3.84. The second-order valence-corrected chi connectivity index (χ2v) is 10.2. The largest absolute Gasteiger partial charge is 0.372 e. The van der Waals surface area contributed by atoms with Crippen molar-refractivity contribution in [2.45, 2.75) is 44.9 Å². The number of nitrogens with zero attached hydrogens (tertiary/aromatic N) is 6. The van der Waals surface area contributed by atoms with Crippen molar-refractivity contribution < 1.29 is 28.0 Å². The number of fused-ring (bicyclic) bond motifs is 5. The van der Waals surface area contributed by atoms with E-state index >= 15 is 4.39 Å². The van der Waals surface area contributed by atoms with Gasteiger partial charge in [0, 0.05) is 24.5 Å². The summed E-state index contributed by atoms with van der Waals surface area (Å²) in [6.07, 6.45) is 4.88. The molecule has 0 saturated carbocycles. The molecule has 3 aliphatic rings. The Balaban J connectivity index is 1.40. The summed E-state index contributed by atoms with van der Waals surface area (Å²) < 4.78 is 29.2. The van der Waals surface area contributed by atoms with E-state index in [4.69, 9.17) is 9.26 Å². The number of carbonyl (C=O) groups excluding carboxylic acids is 3. The van der Waals surface area contributed by atoms with Crippen LogP contribution >= 0.6 is 0 Å². The minimum Gasteiger partial charge on any atom is -0.372 e. The van der Waals surface area contributed by atoms with Crippen LogP contribution in [0.5, 0.6) is 0 Å². The maximum Gasteiger partial charge on any atom is 0.242 e. The number of rotatable bonds is 2. The second kappa shape index (κ2) is 8.24. The Hall–Kier alpha value is -4.52. The van der Waals surface area contributed by atoms with Crippen molar-refractivity contribution in [3.63, 3.8) is 0 Å². The standard InChI is InChI=1S/C26H22FN7O5/c1-12-9-33-21-14(7-26(23(33)13(2)38-12)18(35)6-19(36)31-25(26)37)5-16-22(20(21)27)39-32-24(16)34-10-15(8-30-34)17-3-4-28-11-29-17/h3-5,8,10-13,23H,6-7,9H2,1-2H3,(H,31,36,37)/t12-,13+,23-,26?/m1/s1. The lowest BCUT2D eigenvalue weighted by molar-refractivity contribution is -0.158. The van der Waals surface area contributed by atoms with Crippen LogP contribution in [-0.2, 0) is 25.5 Å². The quantitative estimate of drug-likeness (QED) is 0.300. The third-order valence-corrected chi connectivity index (χ3v) is 7.84. The molecule has 2 saturated heterocycles. The smallest absolute Gasteiger partial charge is 0.242 e. The summed E-state index contributed by atoms with van der Waals surface area (Å²) in [5, 5.41) is 11.1. The lowest BCUT2D eigenvalue weighted by atomic mass is 9.63. The highest BCUT2D eigenvalue weighted by molar-refractivity contribution is 6.22. The monoisotopic (exact) mass is 531 g/mol. The highest BCUT2D eigenvalue weighted by Crippen LogP contribution is 2.50. The maximum absolute atomic E-state index is 16.3.